The molecule has 0 unspecified atom stereocenters. The molecule has 23 heavy (non-hydrogen) atoms. The molecule has 0 saturated heterocycles. The second-order valence-corrected chi connectivity index (χ2v) is 5.86. The van der Waals surface area contributed by atoms with Gasteiger partial charge in [-0.3, -0.25) is 19.7 Å². The van der Waals surface area contributed by atoms with Gasteiger partial charge in [0.1, 0.15) is 5.54 Å². The molecule has 0 aliphatic heterocycles. The lowest BCUT2D eigenvalue weighted by Crippen LogP contribution is -2.57. The number of carbonyl (C=O) groups excluding carboxylic acids is 2. The quantitative estimate of drug-likeness (QED) is 0.552. The minimum absolute atomic E-state index is 0.0164. The molecule has 2 amide bonds. The molecule has 0 heterocycles. The fourth-order valence-corrected chi connectivity index (χ4v) is 2.25. The van der Waals surface area contributed by atoms with Crippen LogP contribution in [0.5, 0.6) is 5.75 Å². The lowest BCUT2D eigenvalue weighted by atomic mass is 9.90. The fraction of sp³-hybridized carbons (Fsp3) is 0.467. The number of nitrogens with one attached hydrogen (secondary N) is 1. The average Bonchev–Trinajstić information content (AvgIpc) is 2.44. The van der Waals surface area contributed by atoms with E-state index in [9.17, 15) is 19.7 Å². The number of carbonyl (C=O) groups is 2. The first-order valence-electron chi connectivity index (χ1n) is 7.13. The van der Waals surface area contributed by atoms with Crippen LogP contribution in [0.4, 0.5) is 5.69 Å². The van der Waals surface area contributed by atoms with Gasteiger partial charge < -0.3 is 15.8 Å². The molecule has 0 bridgehead atoms. The number of hydrogen-bond donors (Lipinski definition) is 2. The van der Waals surface area contributed by atoms with Gasteiger partial charge in [-0.1, -0.05) is 26.0 Å². The largest absolute Gasteiger partial charge is 0.477 e. The number of nitro benzene ring substituents is 1. The van der Waals surface area contributed by atoms with Crippen molar-refractivity contribution in [2.75, 3.05) is 6.61 Å². The summed E-state index contributed by atoms with van der Waals surface area (Å²) in [6.07, 6.45) is 0.375. The van der Waals surface area contributed by atoms with E-state index < -0.39 is 28.9 Å². The van der Waals surface area contributed by atoms with Crippen LogP contribution in [-0.2, 0) is 9.59 Å². The van der Waals surface area contributed by atoms with Gasteiger partial charge in [0.15, 0.2) is 12.4 Å². The van der Waals surface area contributed by atoms with Crippen molar-refractivity contribution < 1.29 is 19.2 Å². The van der Waals surface area contributed by atoms with E-state index in [0.29, 0.717) is 6.42 Å². The summed E-state index contributed by atoms with van der Waals surface area (Å²) in [5.41, 5.74) is 3.92. The van der Waals surface area contributed by atoms with Gasteiger partial charge in [-0.2, -0.15) is 0 Å². The molecule has 1 aromatic carbocycles. The van der Waals surface area contributed by atoms with E-state index in [-0.39, 0.29) is 17.4 Å². The van der Waals surface area contributed by atoms with E-state index in [0.717, 1.165) is 0 Å². The number of primary amides is 1. The third kappa shape index (κ3) is 5.24. The Balaban J connectivity index is 2.74. The van der Waals surface area contributed by atoms with Gasteiger partial charge in [0.05, 0.1) is 4.92 Å². The summed E-state index contributed by atoms with van der Waals surface area (Å²) in [6.45, 7) is 4.89. The highest BCUT2D eigenvalue weighted by Gasteiger charge is 2.33. The van der Waals surface area contributed by atoms with Crippen LogP contribution in [0.1, 0.15) is 27.2 Å². The maximum absolute atomic E-state index is 12.0. The third-order valence-electron chi connectivity index (χ3n) is 3.20. The Morgan fingerprint density at radius 2 is 2.00 bits per heavy atom. The first kappa shape index (κ1) is 18.4. The standard InChI is InChI=1S/C15H21N3O5/c1-10(2)8-15(3,14(16)20)17-13(19)9-23-12-7-5-4-6-11(12)18(21)22/h4-7,10H,8-9H2,1-3H3,(H2,16,20)(H,17,19)/t15-/m1/s1. The smallest absolute Gasteiger partial charge is 0.310 e. The average molecular weight is 323 g/mol. The monoisotopic (exact) mass is 323 g/mol. The molecule has 0 aliphatic carbocycles. The predicted molar refractivity (Wildman–Crippen MR) is 83.8 cm³/mol. The Bertz CT molecular complexity index is 603. The van der Waals surface area contributed by atoms with Crippen LogP contribution in [-0.4, -0.2) is 28.9 Å². The summed E-state index contributed by atoms with van der Waals surface area (Å²) >= 11 is 0. The van der Waals surface area contributed by atoms with Crippen LogP contribution in [0.2, 0.25) is 0 Å². The Hall–Kier alpha value is -2.64. The topological polar surface area (TPSA) is 125 Å². The van der Waals surface area contributed by atoms with E-state index >= 15 is 0 Å². The van der Waals surface area contributed by atoms with E-state index in [1.807, 2.05) is 13.8 Å². The lowest BCUT2D eigenvalue weighted by Gasteiger charge is -2.29. The molecule has 0 radical (unpaired) electrons. The van der Waals surface area contributed by atoms with E-state index in [4.69, 9.17) is 10.5 Å². The zero-order chi connectivity index (χ0) is 17.6. The maximum atomic E-state index is 12.0. The lowest BCUT2D eigenvalue weighted by molar-refractivity contribution is -0.385. The molecule has 0 fully saturated rings. The highest BCUT2D eigenvalue weighted by molar-refractivity contribution is 5.90. The Morgan fingerprint density at radius 1 is 1.39 bits per heavy atom. The molecule has 3 N–H and O–H groups in total. The summed E-state index contributed by atoms with van der Waals surface area (Å²) in [7, 11) is 0. The van der Waals surface area contributed by atoms with Crippen molar-refractivity contribution in [2.24, 2.45) is 11.7 Å². The van der Waals surface area contributed by atoms with Crippen LogP contribution in [0.15, 0.2) is 24.3 Å². The minimum atomic E-state index is -1.20. The summed E-state index contributed by atoms with van der Waals surface area (Å²) in [5.74, 6) is -1.10. The number of hydrogen-bond acceptors (Lipinski definition) is 5. The Labute approximate surface area is 134 Å². The predicted octanol–water partition coefficient (Wildman–Crippen LogP) is 1.38. The SMILES string of the molecule is CC(C)C[C@@](C)(NC(=O)COc1ccccc1[N+](=O)[O-])C(N)=O. The van der Waals surface area contributed by atoms with Gasteiger partial charge in [-0.25, -0.2) is 0 Å². The van der Waals surface area contributed by atoms with E-state index in [2.05, 4.69) is 5.32 Å². The molecule has 8 heteroatoms. The van der Waals surface area contributed by atoms with Gasteiger partial charge in [0.2, 0.25) is 5.91 Å². The van der Waals surface area contributed by atoms with Crippen molar-refractivity contribution in [3.05, 3.63) is 34.4 Å². The van der Waals surface area contributed by atoms with Crippen molar-refractivity contribution in [3.63, 3.8) is 0 Å². The van der Waals surface area contributed by atoms with Gasteiger partial charge in [0, 0.05) is 6.07 Å². The van der Waals surface area contributed by atoms with E-state index in [1.165, 1.54) is 25.1 Å². The first-order valence-corrected chi connectivity index (χ1v) is 7.13. The molecule has 1 rings (SSSR count). The van der Waals surface area contributed by atoms with Crippen LogP contribution in [0.25, 0.3) is 0 Å². The number of nitrogens with zero attached hydrogens (tertiary/aromatic N) is 1. The molecule has 0 saturated carbocycles. The van der Waals surface area contributed by atoms with Crippen molar-refractivity contribution in [1.29, 1.82) is 0 Å². The summed E-state index contributed by atoms with van der Waals surface area (Å²) in [4.78, 5) is 33.8. The van der Waals surface area contributed by atoms with Crippen molar-refractivity contribution in [3.8, 4) is 5.75 Å². The molecule has 0 aliphatic rings. The normalized spacial score (nSPS) is 13.2. The number of ether oxygens (including phenoxy) is 1. The van der Waals surface area contributed by atoms with Crippen LogP contribution in [0, 0.1) is 16.0 Å². The third-order valence-corrected chi connectivity index (χ3v) is 3.20. The first-order chi connectivity index (χ1) is 10.7. The molecular weight excluding hydrogens is 302 g/mol. The van der Waals surface area contributed by atoms with Crippen LogP contribution < -0.4 is 15.8 Å². The highest BCUT2D eigenvalue weighted by Crippen LogP contribution is 2.25. The second-order valence-electron chi connectivity index (χ2n) is 5.86. The number of benzene rings is 1. The summed E-state index contributed by atoms with van der Waals surface area (Å²) < 4.78 is 5.19. The maximum Gasteiger partial charge on any atom is 0.310 e. The number of nitrogens with two attached hydrogens (primary N) is 1. The molecule has 126 valence electrons. The zero-order valence-electron chi connectivity index (χ0n) is 13.4. The Kier molecular flexibility index (Phi) is 6.06. The number of nitro groups is 1. The molecule has 0 aromatic heterocycles. The number of amides is 2. The van der Waals surface area contributed by atoms with Gasteiger partial charge in [-0.15, -0.1) is 0 Å². The van der Waals surface area contributed by atoms with Gasteiger partial charge in [0.25, 0.3) is 5.91 Å². The van der Waals surface area contributed by atoms with Crippen molar-refractivity contribution in [1.82, 2.24) is 5.32 Å². The van der Waals surface area contributed by atoms with Crippen molar-refractivity contribution in [2.45, 2.75) is 32.7 Å². The molecule has 1 aromatic rings. The van der Waals surface area contributed by atoms with Gasteiger partial charge >= 0.3 is 5.69 Å². The zero-order valence-corrected chi connectivity index (χ0v) is 13.4. The minimum Gasteiger partial charge on any atom is -0.477 e. The van der Waals surface area contributed by atoms with Gasteiger partial charge in [-0.05, 0) is 25.3 Å². The highest BCUT2D eigenvalue weighted by atomic mass is 16.6. The summed E-state index contributed by atoms with van der Waals surface area (Å²) in [5, 5.41) is 13.4. The number of para-hydroxylation sites is 2. The fourth-order valence-electron chi connectivity index (χ4n) is 2.25. The molecule has 8 nitrogen and oxygen atoms in total. The number of rotatable bonds is 8. The molecule has 0 spiro atoms. The summed E-state index contributed by atoms with van der Waals surface area (Å²) in [6, 6.07) is 5.73. The molecular formula is C15H21N3O5. The van der Waals surface area contributed by atoms with E-state index in [1.54, 1.807) is 6.07 Å². The molecule has 1 atom stereocenters. The second kappa shape index (κ2) is 7.57. The Morgan fingerprint density at radius 3 is 2.52 bits per heavy atom. The van der Waals surface area contributed by atoms with Crippen LogP contribution >= 0.6 is 0 Å². The van der Waals surface area contributed by atoms with Crippen LogP contribution in [0.3, 0.4) is 0 Å². The van der Waals surface area contributed by atoms with Crippen molar-refractivity contribution >= 4 is 17.5 Å².